The number of benzene rings is 1. The maximum absolute atomic E-state index is 11.9. The number of ether oxygens (including phenoxy) is 1. The summed E-state index contributed by atoms with van der Waals surface area (Å²) < 4.78 is 9.61. The normalized spacial score (nSPS) is 10.0. The molecule has 2 aromatic rings. The molecule has 1 heterocycles. The fourth-order valence-corrected chi connectivity index (χ4v) is 1.65. The van der Waals surface area contributed by atoms with Crippen LogP contribution in [0.15, 0.2) is 40.8 Å². The number of esters is 1. The van der Waals surface area contributed by atoms with Crippen LogP contribution in [0.5, 0.6) is 0 Å². The lowest BCUT2D eigenvalue weighted by atomic mass is 10.2. The molecular weight excluding hydrogens is 270 g/mol. The lowest BCUT2D eigenvalue weighted by Crippen LogP contribution is -2.14. The number of hydrogen-bond acceptors (Lipinski definition) is 4. The number of furan rings is 1. The second-order valence-electron chi connectivity index (χ2n) is 3.60. The van der Waals surface area contributed by atoms with E-state index < -0.39 is 11.9 Å². The van der Waals surface area contributed by atoms with Gasteiger partial charge in [-0.05, 0) is 35.9 Å². The predicted molar refractivity (Wildman–Crippen MR) is 69.5 cm³/mol. The number of carbonyl (C=O) groups is 2. The Labute approximate surface area is 114 Å². The molecule has 0 saturated heterocycles. The number of carbonyl (C=O) groups excluding carboxylic acids is 2. The molecule has 5 nitrogen and oxygen atoms in total. The minimum absolute atomic E-state index is 0.0599. The summed E-state index contributed by atoms with van der Waals surface area (Å²) in [7, 11) is 1.27. The second kappa shape index (κ2) is 5.58. The first-order chi connectivity index (χ1) is 9.11. The summed E-state index contributed by atoms with van der Waals surface area (Å²) in [5.74, 6) is -0.971. The van der Waals surface area contributed by atoms with Gasteiger partial charge in [-0.25, -0.2) is 4.79 Å². The Bertz CT molecular complexity index is 621. The average molecular weight is 280 g/mol. The third-order valence-electron chi connectivity index (χ3n) is 2.38. The summed E-state index contributed by atoms with van der Waals surface area (Å²) in [4.78, 5) is 23.4. The number of halogens is 1. The van der Waals surface area contributed by atoms with Gasteiger partial charge in [-0.3, -0.25) is 4.79 Å². The van der Waals surface area contributed by atoms with Crippen molar-refractivity contribution >= 4 is 29.2 Å². The third kappa shape index (κ3) is 2.95. The van der Waals surface area contributed by atoms with Gasteiger partial charge in [-0.15, -0.1) is 0 Å². The first-order valence-corrected chi connectivity index (χ1v) is 5.73. The van der Waals surface area contributed by atoms with E-state index >= 15 is 0 Å². The van der Waals surface area contributed by atoms with E-state index in [0.717, 1.165) is 0 Å². The Balaban J connectivity index is 2.24. The molecule has 0 atom stereocenters. The lowest BCUT2D eigenvalue weighted by Gasteiger charge is -2.08. The molecule has 0 bridgehead atoms. The first-order valence-electron chi connectivity index (χ1n) is 5.36. The van der Waals surface area contributed by atoms with Crippen molar-refractivity contribution in [3.63, 3.8) is 0 Å². The van der Waals surface area contributed by atoms with Crippen LogP contribution in [0.1, 0.15) is 20.9 Å². The van der Waals surface area contributed by atoms with Crippen LogP contribution in [-0.4, -0.2) is 19.0 Å². The van der Waals surface area contributed by atoms with E-state index in [2.05, 4.69) is 10.1 Å². The van der Waals surface area contributed by atoms with Crippen molar-refractivity contribution in [1.82, 2.24) is 0 Å². The second-order valence-corrected chi connectivity index (χ2v) is 3.97. The number of para-hydroxylation sites is 1. The molecule has 2 rings (SSSR count). The molecule has 1 amide bonds. The molecule has 0 aliphatic carbocycles. The van der Waals surface area contributed by atoms with Gasteiger partial charge in [-0.1, -0.05) is 12.1 Å². The summed E-state index contributed by atoms with van der Waals surface area (Å²) in [6, 6.07) is 9.41. The quantitative estimate of drug-likeness (QED) is 0.877. The van der Waals surface area contributed by atoms with Crippen molar-refractivity contribution in [2.75, 3.05) is 12.4 Å². The highest BCUT2D eigenvalue weighted by molar-refractivity contribution is 6.29. The van der Waals surface area contributed by atoms with Crippen LogP contribution < -0.4 is 5.32 Å². The Morgan fingerprint density at radius 2 is 1.95 bits per heavy atom. The van der Waals surface area contributed by atoms with Gasteiger partial charge in [0, 0.05) is 0 Å². The summed E-state index contributed by atoms with van der Waals surface area (Å²) >= 11 is 5.59. The molecule has 0 fully saturated rings. The highest BCUT2D eigenvalue weighted by Crippen LogP contribution is 2.19. The van der Waals surface area contributed by atoms with E-state index in [9.17, 15) is 9.59 Å². The maximum Gasteiger partial charge on any atom is 0.339 e. The minimum Gasteiger partial charge on any atom is -0.465 e. The smallest absolute Gasteiger partial charge is 0.339 e. The van der Waals surface area contributed by atoms with Crippen molar-refractivity contribution < 1.29 is 18.7 Å². The van der Waals surface area contributed by atoms with Crippen molar-refractivity contribution in [3.05, 3.63) is 52.9 Å². The van der Waals surface area contributed by atoms with E-state index in [-0.39, 0.29) is 16.5 Å². The Hall–Kier alpha value is -2.27. The molecule has 19 heavy (non-hydrogen) atoms. The fraction of sp³-hybridized carbons (Fsp3) is 0.0769. The zero-order chi connectivity index (χ0) is 13.8. The average Bonchev–Trinajstić information content (AvgIpc) is 2.85. The van der Waals surface area contributed by atoms with E-state index in [1.165, 1.54) is 19.2 Å². The van der Waals surface area contributed by atoms with Gasteiger partial charge < -0.3 is 14.5 Å². The largest absolute Gasteiger partial charge is 0.465 e. The topological polar surface area (TPSA) is 68.5 Å². The van der Waals surface area contributed by atoms with E-state index in [1.807, 2.05) is 0 Å². The number of amides is 1. The summed E-state index contributed by atoms with van der Waals surface area (Å²) in [5, 5.41) is 2.68. The standard InChI is InChI=1S/C13H10ClNO4/c1-18-13(17)8-4-2-3-5-9(8)15-12(16)10-6-7-11(14)19-10/h2-7H,1H3,(H,15,16). The van der Waals surface area contributed by atoms with Gasteiger partial charge in [0.05, 0.1) is 18.4 Å². The molecule has 0 unspecified atom stereocenters. The molecule has 1 aromatic heterocycles. The van der Waals surface area contributed by atoms with Crippen molar-refractivity contribution in [1.29, 1.82) is 0 Å². The molecule has 0 spiro atoms. The molecule has 0 aliphatic rings. The van der Waals surface area contributed by atoms with E-state index in [4.69, 9.17) is 16.0 Å². The molecular formula is C13H10ClNO4. The molecule has 1 N–H and O–H groups in total. The lowest BCUT2D eigenvalue weighted by molar-refractivity contribution is 0.0602. The van der Waals surface area contributed by atoms with Crippen LogP contribution in [0.3, 0.4) is 0 Å². The number of nitrogens with one attached hydrogen (secondary N) is 1. The van der Waals surface area contributed by atoms with E-state index in [0.29, 0.717) is 5.69 Å². The number of anilines is 1. The van der Waals surface area contributed by atoms with Gasteiger partial charge >= 0.3 is 5.97 Å². The molecule has 6 heteroatoms. The zero-order valence-electron chi connectivity index (χ0n) is 9.98. The summed E-state index contributed by atoms with van der Waals surface area (Å²) in [6.07, 6.45) is 0. The van der Waals surface area contributed by atoms with Crippen LogP contribution in [-0.2, 0) is 4.74 Å². The van der Waals surface area contributed by atoms with Crippen LogP contribution in [0.2, 0.25) is 5.22 Å². The summed E-state index contributed by atoms with van der Waals surface area (Å²) in [6.45, 7) is 0. The molecule has 1 aromatic carbocycles. The van der Waals surface area contributed by atoms with Crippen LogP contribution in [0.25, 0.3) is 0 Å². The molecule has 98 valence electrons. The SMILES string of the molecule is COC(=O)c1ccccc1NC(=O)c1ccc(Cl)o1. The Morgan fingerprint density at radius 3 is 2.58 bits per heavy atom. The number of methoxy groups -OCH3 is 1. The molecule has 0 aliphatic heterocycles. The van der Waals surface area contributed by atoms with Crippen molar-refractivity contribution in [3.8, 4) is 0 Å². The highest BCUT2D eigenvalue weighted by atomic mass is 35.5. The third-order valence-corrected chi connectivity index (χ3v) is 2.58. The predicted octanol–water partition coefficient (Wildman–Crippen LogP) is 2.97. The first kappa shape index (κ1) is 13.2. The number of rotatable bonds is 3. The van der Waals surface area contributed by atoms with Crippen LogP contribution in [0, 0.1) is 0 Å². The van der Waals surface area contributed by atoms with Crippen molar-refractivity contribution in [2.24, 2.45) is 0 Å². The van der Waals surface area contributed by atoms with Gasteiger partial charge in [0.15, 0.2) is 11.0 Å². The highest BCUT2D eigenvalue weighted by Gasteiger charge is 2.16. The maximum atomic E-state index is 11.9. The van der Waals surface area contributed by atoms with Gasteiger partial charge in [0.1, 0.15) is 0 Å². The monoisotopic (exact) mass is 279 g/mol. The van der Waals surface area contributed by atoms with Gasteiger partial charge in [0.25, 0.3) is 5.91 Å². The van der Waals surface area contributed by atoms with Crippen LogP contribution >= 0.6 is 11.6 Å². The number of hydrogen-bond donors (Lipinski definition) is 1. The minimum atomic E-state index is -0.534. The van der Waals surface area contributed by atoms with Gasteiger partial charge in [-0.2, -0.15) is 0 Å². The summed E-state index contributed by atoms with van der Waals surface area (Å²) in [5.41, 5.74) is 0.600. The Morgan fingerprint density at radius 1 is 1.21 bits per heavy atom. The zero-order valence-corrected chi connectivity index (χ0v) is 10.7. The molecule has 0 radical (unpaired) electrons. The van der Waals surface area contributed by atoms with Crippen molar-refractivity contribution in [2.45, 2.75) is 0 Å². The fourth-order valence-electron chi connectivity index (χ4n) is 1.50. The van der Waals surface area contributed by atoms with Crippen LogP contribution in [0.4, 0.5) is 5.69 Å². The van der Waals surface area contributed by atoms with E-state index in [1.54, 1.807) is 24.3 Å². The molecule has 0 saturated carbocycles. The Kier molecular flexibility index (Phi) is 3.87. The van der Waals surface area contributed by atoms with Gasteiger partial charge in [0.2, 0.25) is 0 Å².